The fraction of sp³-hybridized carbons (Fsp3) is 0.500. The van der Waals surface area contributed by atoms with E-state index in [4.69, 9.17) is 16.3 Å². The van der Waals surface area contributed by atoms with Crippen molar-refractivity contribution in [1.82, 2.24) is 5.32 Å². The van der Waals surface area contributed by atoms with Gasteiger partial charge in [0.15, 0.2) is 0 Å². The van der Waals surface area contributed by atoms with Crippen molar-refractivity contribution in [3.63, 3.8) is 0 Å². The maximum atomic E-state index is 11.9. The van der Waals surface area contributed by atoms with Crippen LogP contribution in [-0.4, -0.2) is 18.6 Å². The van der Waals surface area contributed by atoms with Crippen molar-refractivity contribution in [2.24, 2.45) is 5.92 Å². The SMILES string of the molecule is CC1CC(C(=O)OCc2ccccc2Cl)CCN1. The summed E-state index contributed by atoms with van der Waals surface area (Å²) in [5.41, 5.74) is 0.856. The lowest BCUT2D eigenvalue weighted by atomic mass is 9.93. The Bertz CT molecular complexity index is 422. The van der Waals surface area contributed by atoms with E-state index < -0.39 is 0 Å². The zero-order valence-electron chi connectivity index (χ0n) is 10.5. The normalized spacial score (nSPS) is 23.7. The Hall–Kier alpha value is -1.06. The number of halogens is 1. The second-order valence-corrected chi connectivity index (χ2v) is 5.18. The zero-order valence-corrected chi connectivity index (χ0v) is 11.2. The first kappa shape index (κ1) is 13.4. The van der Waals surface area contributed by atoms with Gasteiger partial charge < -0.3 is 10.1 Å². The molecule has 2 rings (SSSR count). The van der Waals surface area contributed by atoms with Gasteiger partial charge in [-0.25, -0.2) is 0 Å². The molecule has 1 aromatic carbocycles. The van der Waals surface area contributed by atoms with Crippen LogP contribution < -0.4 is 5.32 Å². The molecule has 1 aromatic rings. The van der Waals surface area contributed by atoms with Crippen molar-refractivity contribution in [2.45, 2.75) is 32.4 Å². The predicted octanol–water partition coefficient (Wildman–Crippen LogP) is 2.77. The van der Waals surface area contributed by atoms with Crippen LogP contribution in [0.25, 0.3) is 0 Å². The van der Waals surface area contributed by atoms with Crippen LogP contribution in [0.15, 0.2) is 24.3 Å². The van der Waals surface area contributed by atoms with Crippen LogP contribution in [0, 0.1) is 5.92 Å². The van der Waals surface area contributed by atoms with Crippen LogP contribution in [0.5, 0.6) is 0 Å². The molecule has 4 heteroatoms. The van der Waals surface area contributed by atoms with Gasteiger partial charge in [-0.2, -0.15) is 0 Å². The van der Waals surface area contributed by atoms with Gasteiger partial charge >= 0.3 is 5.97 Å². The molecule has 0 aromatic heterocycles. The van der Waals surface area contributed by atoms with Crippen LogP contribution in [-0.2, 0) is 16.1 Å². The fourth-order valence-corrected chi connectivity index (χ4v) is 2.42. The average Bonchev–Trinajstić information content (AvgIpc) is 2.37. The summed E-state index contributed by atoms with van der Waals surface area (Å²) in [5, 5.41) is 3.96. The third kappa shape index (κ3) is 3.47. The van der Waals surface area contributed by atoms with Gasteiger partial charge in [0.1, 0.15) is 6.61 Å². The molecule has 2 unspecified atom stereocenters. The van der Waals surface area contributed by atoms with E-state index >= 15 is 0 Å². The molecule has 1 aliphatic rings. The summed E-state index contributed by atoms with van der Waals surface area (Å²) in [4.78, 5) is 11.9. The van der Waals surface area contributed by atoms with Crippen LogP contribution in [0.2, 0.25) is 5.02 Å². The van der Waals surface area contributed by atoms with E-state index in [0.717, 1.165) is 24.9 Å². The molecule has 1 N–H and O–H groups in total. The van der Waals surface area contributed by atoms with E-state index in [1.165, 1.54) is 0 Å². The van der Waals surface area contributed by atoms with Crippen LogP contribution in [0.3, 0.4) is 0 Å². The number of piperidine rings is 1. The molecule has 2 atom stereocenters. The lowest BCUT2D eigenvalue weighted by Gasteiger charge is -2.26. The highest BCUT2D eigenvalue weighted by Gasteiger charge is 2.25. The van der Waals surface area contributed by atoms with Gasteiger partial charge in [0, 0.05) is 16.6 Å². The number of carbonyl (C=O) groups is 1. The second-order valence-electron chi connectivity index (χ2n) is 4.78. The van der Waals surface area contributed by atoms with E-state index in [1.54, 1.807) is 6.07 Å². The molecule has 98 valence electrons. The predicted molar refractivity (Wildman–Crippen MR) is 71.4 cm³/mol. The smallest absolute Gasteiger partial charge is 0.309 e. The first-order valence-electron chi connectivity index (χ1n) is 6.30. The number of ether oxygens (including phenoxy) is 1. The van der Waals surface area contributed by atoms with Gasteiger partial charge in [-0.05, 0) is 32.4 Å². The summed E-state index contributed by atoms with van der Waals surface area (Å²) in [6.45, 7) is 3.23. The standard InChI is InChI=1S/C14H18ClNO2/c1-10-8-11(6-7-16-10)14(17)18-9-12-4-2-3-5-13(12)15/h2-5,10-11,16H,6-9H2,1H3. The molecule has 0 radical (unpaired) electrons. The van der Waals surface area contributed by atoms with Gasteiger partial charge in [0.2, 0.25) is 0 Å². The third-order valence-electron chi connectivity index (χ3n) is 3.28. The van der Waals surface area contributed by atoms with Crippen LogP contribution in [0.4, 0.5) is 0 Å². The largest absolute Gasteiger partial charge is 0.461 e. The number of rotatable bonds is 3. The van der Waals surface area contributed by atoms with Crippen molar-refractivity contribution in [1.29, 1.82) is 0 Å². The Balaban J connectivity index is 1.86. The minimum Gasteiger partial charge on any atom is -0.461 e. The Morgan fingerprint density at radius 3 is 3.00 bits per heavy atom. The van der Waals surface area contributed by atoms with Crippen molar-refractivity contribution in [2.75, 3.05) is 6.54 Å². The van der Waals surface area contributed by atoms with E-state index in [-0.39, 0.29) is 18.5 Å². The van der Waals surface area contributed by atoms with Gasteiger partial charge in [0.25, 0.3) is 0 Å². The first-order chi connectivity index (χ1) is 8.66. The summed E-state index contributed by atoms with van der Waals surface area (Å²) in [5.74, 6) is -0.0907. The molecule has 3 nitrogen and oxygen atoms in total. The molecule has 1 heterocycles. The molecule has 0 aliphatic carbocycles. The second kappa shape index (κ2) is 6.21. The van der Waals surface area contributed by atoms with E-state index in [2.05, 4.69) is 12.2 Å². The van der Waals surface area contributed by atoms with Gasteiger partial charge in [-0.3, -0.25) is 4.79 Å². The highest BCUT2D eigenvalue weighted by molar-refractivity contribution is 6.31. The number of esters is 1. The quantitative estimate of drug-likeness (QED) is 0.856. The maximum Gasteiger partial charge on any atom is 0.309 e. The Morgan fingerprint density at radius 1 is 1.50 bits per heavy atom. The number of hydrogen-bond acceptors (Lipinski definition) is 3. The van der Waals surface area contributed by atoms with Crippen molar-refractivity contribution >= 4 is 17.6 Å². The van der Waals surface area contributed by atoms with E-state index in [1.807, 2.05) is 18.2 Å². The van der Waals surface area contributed by atoms with E-state index in [9.17, 15) is 4.79 Å². The van der Waals surface area contributed by atoms with Crippen LogP contribution >= 0.6 is 11.6 Å². The Labute approximate surface area is 112 Å². The van der Waals surface area contributed by atoms with Gasteiger partial charge in [-0.15, -0.1) is 0 Å². The molecule has 18 heavy (non-hydrogen) atoms. The maximum absolute atomic E-state index is 11.9. The molecule has 0 amide bonds. The highest BCUT2D eigenvalue weighted by Crippen LogP contribution is 2.20. The number of benzene rings is 1. The van der Waals surface area contributed by atoms with Crippen molar-refractivity contribution < 1.29 is 9.53 Å². The Morgan fingerprint density at radius 2 is 2.28 bits per heavy atom. The van der Waals surface area contributed by atoms with Crippen molar-refractivity contribution in [3.05, 3.63) is 34.9 Å². The summed E-state index contributed by atoms with van der Waals surface area (Å²) in [6.07, 6.45) is 1.70. The molecule has 1 aliphatic heterocycles. The average molecular weight is 268 g/mol. The van der Waals surface area contributed by atoms with Gasteiger partial charge in [0.05, 0.1) is 5.92 Å². The van der Waals surface area contributed by atoms with Gasteiger partial charge in [-0.1, -0.05) is 29.8 Å². The summed E-state index contributed by atoms with van der Waals surface area (Å²) < 4.78 is 5.35. The number of hydrogen-bond donors (Lipinski definition) is 1. The molecule has 0 saturated carbocycles. The summed E-state index contributed by atoms with van der Waals surface area (Å²) in [6, 6.07) is 7.82. The Kier molecular flexibility index (Phi) is 4.61. The molecular formula is C14H18ClNO2. The highest BCUT2D eigenvalue weighted by atomic mass is 35.5. The number of carbonyl (C=O) groups excluding carboxylic acids is 1. The topological polar surface area (TPSA) is 38.3 Å². The number of nitrogens with one attached hydrogen (secondary N) is 1. The molecule has 1 fully saturated rings. The minimum absolute atomic E-state index is 0.0173. The lowest BCUT2D eigenvalue weighted by Crippen LogP contribution is -2.39. The van der Waals surface area contributed by atoms with E-state index in [0.29, 0.717) is 11.1 Å². The third-order valence-corrected chi connectivity index (χ3v) is 3.65. The summed E-state index contributed by atoms with van der Waals surface area (Å²) >= 11 is 6.02. The minimum atomic E-state index is -0.108. The molecule has 1 saturated heterocycles. The van der Waals surface area contributed by atoms with Crippen LogP contribution in [0.1, 0.15) is 25.3 Å². The summed E-state index contributed by atoms with van der Waals surface area (Å²) in [7, 11) is 0. The zero-order chi connectivity index (χ0) is 13.0. The molecule has 0 spiro atoms. The molecule has 0 bridgehead atoms. The monoisotopic (exact) mass is 267 g/mol. The van der Waals surface area contributed by atoms with Crippen molar-refractivity contribution in [3.8, 4) is 0 Å². The fourth-order valence-electron chi connectivity index (χ4n) is 2.23. The lowest BCUT2D eigenvalue weighted by molar-refractivity contribution is -0.151. The first-order valence-corrected chi connectivity index (χ1v) is 6.68. The molecular weight excluding hydrogens is 250 g/mol.